The van der Waals surface area contributed by atoms with Crippen molar-refractivity contribution in [2.75, 3.05) is 31.2 Å². The van der Waals surface area contributed by atoms with Crippen LogP contribution in [0.25, 0.3) is 0 Å². The zero-order chi connectivity index (χ0) is 22.0. The Kier molecular flexibility index (Phi) is 6.30. The molecule has 2 aromatic carbocycles. The minimum atomic E-state index is -0.376. The van der Waals surface area contributed by atoms with Crippen molar-refractivity contribution in [2.45, 2.75) is 39.3 Å². The number of amides is 1. The minimum absolute atomic E-state index is 0.0195. The minimum Gasteiger partial charge on any atom is -0.325 e. The van der Waals surface area contributed by atoms with Gasteiger partial charge in [-0.05, 0) is 45.0 Å². The van der Waals surface area contributed by atoms with Gasteiger partial charge in [0.2, 0.25) is 5.91 Å². The lowest BCUT2D eigenvalue weighted by molar-refractivity contribution is -0.113. The first kappa shape index (κ1) is 21.8. The van der Waals surface area contributed by atoms with Gasteiger partial charge in [-0.15, -0.1) is 0 Å². The van der Waals surface area contributed by atoms with E-state index in [0.717, 1.165) is 53.5 Å². The summed E-state index contributed by atoms with van der Waals surface area (Å²) >= 11 is 1.49. The van der Waals surface area contributed by atoms with Gasteiger partial charge in [0.05, 0.1) is 11.5 Å². The molecule has 1 fully saturated rings. The number of aryl methyl sites for hydroxylation is 2. The number of hydrogen-bond acceptors (Lipinski definition) is 5. The molecule has 1 amide bonds. The average Bonchev–Trinajstić information content (AvgIpc) is 3.11. The van der Waals surface area contributed by atoms with Crippen LogP contribution in [-0.4, -0.2) is 53.1 Å². The maximum absolute atomic E-state index is 12.7. The molecular formula is C25H30N4OS. The van der Waals surface area contributed by atoms with Crippen molar-refractivity contribution in [3.8, 4) is 0 Å². The van der Waals surface area contributed by atoms with Crippen LogP contribution in [0.4, 0.5) is 5.69 Å². The van der Waals surface area contributed by atoms with Crippen LogP contribution in [0.2, 0.25) is 0 Å². The Bertz CT molecular complexity index is 1030. The molecule has 6 heteroatoms. The average molecular weight is 435 g/mol. The van der Waals surface area contributed by atoms with Gasteiger partial charge < -0.3 is 10.2 Å². The Morgan fingerprint density at radius 2 is 1.77 bits per heavy atom. The van der Waals surface area contributed by atoms with E-state index in [1.165, 1.54) is 22.9 Å². The Labute approximate surface area is 189 Å². The van der Waals surface area contributed by atoms with Crippen molar-refractivity contribution < 1.29 is 4.79 Å². The molecule has 0 radical (unpaired) electrons. The first-order chi connectivity index (χ1) is 14.8. The van der Waals surface area contributed by atoms with Crippen molar-refractivity contribution in [3.63, 3.8) is 0 Å². The summed E-state index contributed by atoms with van der Waals surface area (Å²) in [6, 6.07) is 14.4. The maximum atomic E-state index is 12.7. The summed E-state index contributed by atoms with van der Waals surface area (Å²) in [4.78, 5) is 25.2. The third kappa shape index (κ3) is 4.91. The smallest absolute Gasteiger partial charge is 0.234 e. The van der Waals surface area contributed by atoms with E-state index >= 15 is 0 Å². The number of nitrogens with zero attached hydrogens (tertiary/aromatic N) is 3. The van der Waals surface area contributed by atoms with E-state index in [1.54, 1.807) is 0 Å². The molecule has 0 unspecified atom stereocenters. The van der Waals surface area contributed by atoms with Gasteiger partial charge in [0.1, 0.15) is 5.04 Å². The molecule has 31 heavy (non-hydrogen) atoms. The quantitative estimate of drug-likeness (QED) is 0.765. The SMILES string of the molecule is Cc1ccc(C2=NC3(CCN(C)CC3)N=C2SCC(=O)Nc2cccc(C)c2C)cc1. The summed E-state index contributed by atoms with van der Waals surface area (Å²) in [5.74, 6) is 0.293. The molecule has 2 aromatic rings. The van der Waals surface area contributed by atoms with Crippen LogP contribution in [-0.2, 0) is 4.79 Å². The molecule has 2 aliphatic heterocycles. The number of rotatable bonds is 4. The summed E-state index contributed by atoms with van der Waals surface area (Å²) < 4.78 is 0. The van der Waals surface area contributed by atoms with Gasteiger partial charge in [0.15, 0.2) is 5.66 Å². The monoisotopic (exact) mass is 434 g/mol. The molecule has 0 aliphatic carbocycles. The fourth-order valence-corrected chi connectivity index (χ4v) is 4.80. The standard InChI is InChI=1S/C25H30N4OS/c1-17-8-10-20(11-9-17)23-24(28-25(27-23)12-14-29(4)15-13-25)31-16-22(30)26-21-7-5-6-18(2)19(21)3/h5-11H,12-16H2,1-4H3,(H,26,30). The largest absolute Gasteiger partial charge is 0.325 e. The summed E-state index contributed by atoms with van der Waals surface area (Å²) in [6.45, 7) is 8.14. The van der Waals surface area contributed by atoms with E-state index in [4.69, 9.17) is 9.98 Å². The molecule has 2 heterocycles. The molecule has 1 saturated heterocycles. The number of carbonyl (C=O) groups excluding carboxylic acids is 1. The number of carbonyl (C=O) groups is 1. The van der Waals surface area contributed by atoms with Gasteiger partial charge >= 0.3 is 0 Å². The fraction of sp³-hybridized carbons (Fsp3) is 0.400. The number of nitrogens with one attached hydrogen (secondary N) is 1. The second-order valence-corrected chi connectivity index (χ2v) is 9.58. The number of aliphatic imine (C=N–C) groups is 2. The topological polar surface area (TPSA) is 57.1 Å². The van der Waals surface area contributed by atoms with Gasteiger partial charge in [-0.25, -0.2) is 4.99 Å². The van der Waals surface area contributed by atoms with E-state index in [2.05, 4.69) is 61.4 Å². The molecule has 1 spiro atoms. The third-order valence-electron chi connectivity index (χ3n) is 6.16. The second-order valence-electron chi connectivity index (χ2n) is 8.61. The number of piperidine rings is 1. The van der Waals surface area contributed by atoms with E-state index in [0.29, 0.717) is 5.75 Å². The molecule has 1 N–H and O–H groups in total. The van der Waals surface area contributed by atoms with Gasteiger partial charge in [-0.1, -0.05) is 53.7 Å². The van der Waals surface area contributed by atoms with Crippen LogP contribution < -0.4 is 5.32 Å². The molecule has 162 valence electrons. The number of hydrogen-bond donors (Lipinski definition) is 1. The Morgan fingerprint density at radius 3 is 2.48 bits per heavy atom. The fourth-order valence-electron chi connectivity index (χ4n) is 3.93. The molecular weight excluding hydrogens is 404 g/mol. The highest BCUT2D eigenvalue weighted by Gasteiger charge is 2.39. The van der Waals surface area contributed by atoms with Crippen LogP contribution in [0.15, 0.2) is 52.4 Å². The molecule has 5 nitrogen and oxygen atoms in total. The lowest BCUT2D eigenvalue weighted by Gasteiger charge is -2.33. The predicted molar refractivity (Wildman–Crippen MR) is 132 cm³/mol. The van der Waals surface area contributed by atoms with Crippen molar-refractivity contribution in [3.05, 3.63) is 64.7 Å². The number of likely N-dealkylation sites (tertiary alicyclic amines) is 1. The van der Waals surface area contributed by atoms with E-state index in [-0.39, 0.29) is 11.6 Å². The Balaban J connectivity index is 1.51. The Hall–Kier alpha value is -2.44. The Morgan fingerprint density at radius 1 is 1.06 bits per heavy atom. The van der Waals surface area contributed by atoms with Gasteiger partial charge in [-0.3, -0.25) is 9.79 Å². The highest BCUT2D eigenvalue weighted by Crippen LogP contribution is 2.35. The van der Waals surface area contributed by atoms with Crippen molar-refractivity contribution >= 4 is 34.1 Å². The lowest BCUT2D eigenvalue weighted by atomic mass is 9.99. The highest BCUT2D eigenvalue weighted by molar-refractivity contribution is 8.16. The zero-order valence-corrected chi connectivity index (χ0v) is 19.6. The van der Waals surface area contributed by atoms with Crippen LogP contribution >= 0.6 is 11.8 Å². The molecule has 0 bridgehead atoms. The van der Waals surface area contributed by atoms with Gasteiger partial charge in [-0.2, -0.15) is 0 Å². The number of thioether (sulfide) groups is 1. The van der Waals surface area contributed by atoms with Crippen LogP contribution in [0, 0.1) is 20.8 Å². The zero-order valence-electron chi connectivity index (χ0n) is 18.7. The summed E-state index contributed by atoms with van der Waals surface area (Å²) in [5.41, 5.74) is 5.98. The van der Waals surface area contributed by atoms with Crippen LogP contribution in [0.5, 0.6) is 0 Å². The molecule has 4 rings (SSSR count). The number of anilines is 1. The first-order valence-corrected chi connectivity index (χ1v) is 11.8. The predicted octanol–water partition coefficient (Wildman–Crippen LogP) is 4.61. The van der Waals surface area contributed by atoms with Crippen molar-refractivity contribution in [1.29, 1.82) is 0 Å². The van der Waals surface area contributed by atoms with E-state index < -0.39 is 0 Å². The molecule has 0 atom stereocenters. The number of benzene rings is 2. The second kappa shape index (κ2) is 8.97. The normalized spacial score (nSPS) is 18.1. The summed E-state index contributed by atoms with van der Waals surface area (Å²) in [5, 5.41) is 3.93. The molecule has 2 aliphatic rings. The summed E-state index contributed by atoms with van der Waals surface area (Å²) in [6.07, 6.45) is 1.83. The maximum Gasteiger partial charge on any atom is 0.234 e. The van der Waals surface area contributed by atoms with Crippen LogP contribution in [0.1, 0.15) is 35.1 Å². The van der Waals surface area contributed by atoms with Crippen molar-refractivity contribution in [2.24, 2.45) is 9.98 Å². The third-order valence-corrected chi connectivity index (χ3v) is 7.13. The van der Waals surface area contributed by atoms with Crippen molar-refractivity contribution in [1.82, 2.24) is 4.90 Å². The molecule has 0 saturated carbocycles. The molecule has 0 aromatic heterocycles. The lowest BCUT2D eigenvalue weighted by Crippen LogP contribution is -2.39. The summed E-state index contributed by atoms with van der Waals surface area (Å²) in [7, 11) is 2.14. The van der Waals surface area contributed by atoms with E-state index in [1.807, 2.05) is 19.1 Å². The first-order valence-electron chi connectivity index (χ1n) is 10.8. The van der Waals surface area contributed by atoms with E-state index in [9.17, 15) is 4.79 Å². The van der Waals surface area contributed by atoms with Crippen LogP contribution in [0.3, 0.4) is 0 Å². The highest BCUT2D eigenvalue weighted by atomic mass is 32.2. The van der Waals surface area contributed by atoms with Gasteiger partial charge in [0, 0.05) is 37.2 Å². The van der Waals surface area contributed by atoms with Gasteiger partial charge in [0.25, 0.3) is 0 Å².